The molecule has 0 saturated heterocycles. The van der Waals surface area contributed by atoms with Crippen molar-refractivity contribution in [3.05, 3.63) is 0 Å². The van der Waals surface area contributed by atoms with Crippen molar-refractivity contribution < 1.29 is 38.0 Å². The first-order chi connectivity index (χ1) is 13.3. The molecule has 1 amide bonds. The van der Waals surface area contributed by atoms with Crippen molar-refractivity contribution in [1.82, 2.24) is 5.32 Å². The molecule has 0 aromatic carbocycles. The highest BCUT2D eigenvalue weighted by atomic mass is 79.9. The Bertz CT molecular complexity index is 313. The summed E-state index contributed by atoms with van der Waals surface area (Å²) in [5.74, 6) is -0.0492. The molecular weight excluding hydrogens is 426 g/mol. The predicted octanol–water partition coefficient (Wildman–Crippen LogP) is 0.244. The number of rotatable bonds is 22. The lowest BCUT2D eigenvalue weighted by molar-refractivity contribution is -0.118. The highest BCUT2D eigenvalue weighted by Gasteiger charge is 1.96. The van der Waals surface area contributed by atoms with E-state index in [0.717, 1.165) is 0 Å². The SMILES string of the molecule is COCCOCCOCCOCCOCCOCCOCCNC(=O)CBr. The van der Waals surface area contributed by atoms with Crippen molar-refractivity contribution in [3.63, 3.8) is 0 Å². The predicted molar refractivity (Wildman–Crippen MR) is 104 cm³/mol. The van der Waals surface area contributed by atoms with Crippen LogP contribution in [0, 0.1) is 0 Å². The van der Waals surface area contributed by atoms with Crippen LogP contribution in [0.25, 0.3) is 0 Å². The molecule has 0 atom stereocenters. The van der Waals surface area contributed by atoms with E-state index in [1.54, 1.807) is 7.11 Å². The van der Waals surface area contributed by atoms with Gasteiger partial charge in [0.15, 0.2) is 0 Å². The first kappa shape index (κ1) is 26.7. The van der Waals surface area contributed by atoms with Crippen molar-refractivity contribution in [2.45, 2.75) is 0 Å². The number of hydrogen-bond donors (Lipinski definition) is 1. The monoisotopic (exact) mass is 459 g/mol. The number of halogens is 1. The van der Waals surface area contributed by atoms with Crippen LogP contribution in [0.2, 0.25) is 0 Å². The fourth-order valence-electron chi connectivity index (χ4n) is 1.65. The second kappa shape index (κ2) is 23.7. The van der Waals surface area contributed by atoms with E-state index in [9.17, 15) is 4.79 Å². The molecule has 9 nitrogen and oxygen atoms in total. The number of amides is 1. The molecule has 0 rings (SSSR count). The van der Waals surface area contributed by atoms with Gasteiger partial charge in [-0.05, 0) is 0 Å². The molecule has 10 heteroatoms. The number of nitrogens with one attached hydrogen (secondary N) is 1. The van der Waals surface area contributed by atoms with E-state index in [2.05, 4.69) is 21.2 Å². The zero-order valence-electron chi connectivity index (χ0n) is 16.3. The minimum atomic E-state index is -0.0492. The van der Waals surface area contributed by atoms with E-state index in [-0.39, 0.29) is 5.91 Å². The zero-order valence-corrected chi connectivity index (χ0v) is 17.8. The Hall–Kier alpha value is -0.330. The minimum absolute atomic E-state index is 0.0492. The largest absolute Gasteiger partial charge is 0.382 e. The van der Waals surface area contributed by atoms with Gasteiger partial charge in [-0.3, -0.25) is 4.79 Å². The van der Waals surface area contributed by atoms with Crippen LogP contribution in [-0.4, -0.2) is 111 Å². The topological polar surface area (TPSA) is 93.7 Å². The first-order valence-electron chi connectivity index (χ1n) is 9.09. The van der Waals surface area contributed by atoms with Crippen molar-refractivity contribution in [1.29, 1.82) is 0 Å². The molecule has 0 aromatic heterocycles. The molecule has 0 unspecified atom stereocenters. The Morgan fingerprint density at radius 2 is 0.963 bits per heavy atom. The molecule has 0 fully saturated rings. The maximum atomic E-state index is 10.9. The molecule has 0 spiro atoms. The maximum Gasteiger partial charge on any atom is 0.230 e. The normalized spacial score (nSPS) is 11.0. The molecule has 0 bridgehead atoms. The summed E-state index contributed by atoms with van der Waals surface area (Å²) in [6.45, 7) is 7.40. The van der Waals surface area contributed by atoms with Crippen LogP contribution in [0.3, 0.4) is 0 Å². The van der Waals surface area contributed by atoms with Crippen molar-refractivity contribution in [2.24, 2.45) is 0 Å². The number of hydrogen-bond acceptors (Lipinski definition) is 8. The van der Waals surface area contributed by atoms with Gasteiger partial charge in [-0.25, -0.2) is 0 Å². The summed E-state index contributed by atoms with van der Waals surface area (Å²) in [5.41, 5.74) is 0. The average Bonchev–Trinajstić information content (AvgIpc) is 2.68. The van der Waals surface area contributed by atoms with E-state index in [1.807, 2.05) is 0 Å². The van der Waals surface area contributed by atoms with Crippen LogP contribution in [0.5, 0.6) is 0 Å². The van der Waals surface area contributed by atoms with Crippen LogP contribution in [0.1, 0.15) is 0 Å². The number of carbonyl (C=O) groups is 1. The molecule has 0 heterocycles. The van der Waals surface area contributed by atoms with Gasteiger partial charge in [0.25, 0.3) is 0 Å². The van der Waals surface area contributed by atoms with Crippen LogP contribution >= 0.6 is 15.9 Å². The van der Waals surface area contributed by atoms with Crippen LogP contribution in [0.15, 0.2) is 0 Å². The Kier molecular flexibility index (Phi) is 23.4. The molecule has 0 aliphatic rings. The highest BCUT2D eigenvalue weighted by Crippen LogP contribution is 1.85. The van der Waals surface area contributed by atoms with Gasteiger partial charge < -0.3 is 38.5 Å². The standard InChI is InChI=1S/C17H34BrNO8/c1-21-4-5-23-8-9-25-12-13-27-15-14-26-11-10-24-7-6-22-3-2-19-17(20)16-18/h2-16H2,1H3,(H,19,20). The highest BCUT2D eigenvalue weighted by molar-refractivity contribution is 9.09. The summed E-state index contributed by atoms with van der Waals surface area (Å²) in [6.07, 6.45) is 0. The lowest BCUT2D eigenvalue weighted by Gasteiger charge is -2.08. The smallest absolute Gasteiger partial charge is 0.230 e. The zero-order chi connectivity index (χ0) is 19.8. The quantitative estimate of drug-likeness (QED) is 0.182. The molecular formula is C17H34BrNO8. The summed E-state index contributed by atoms with van der Waals surface area (Å²) < 4.78 is 36.9. The Morgan fingerprint density at radius 3 is 1.30 bits per heavy atom. The van der Waals surface area contributed by atoms with Crippen molar-refractivity contribution in [2.75, 3.05) is 105 Å². The Labute approximate surface area is 170 Å². The van der Waals surface area contributed by atoms with E-state index in [0.29, 0.717) is 97.8 Å². The average molecular weight is 460 g/mol. The summed E-state index contributed by atoms with van der Waals surface area (Å²) in [6, 6.07) is 0. The minimum Gasteiger partial charge on any atom is -0.382 e. The van der Waals surface area contributed by atoms with Crippen molar-refractivity contribution in [3.8, 4) is 0 Å². The molecule has 0 radical (unpaired) electrons. The third kappa shape index (κ3) is 23.6. The number of ether oxygens (including phenoxy) is 7. The maximum absolute atomic E-state index is 10.9. The summed E-state index contributed by atoms with van der Waals surface area (Å²) in [7, 11) is 1.64. The van der Waals surface area contributed by atoms with Gasteiger partial charge in [-0.15, -0.1) is 0 Å². The number of carbonyl (C=O) groups excluding carboxylic acids is 1. The first-order valence-corrected chi connectivity index (χ1v) is 10.2. The van der Waals surface area contributed by atoms with Gasteiger partial charge in [-0.2, -0.15) is 0 Å². The van der Waals surface area contributed by atoms with Crippen LogP contribution in [0.4, 0.5) is 0 Å². The van der Waals surface area contributed by atoms with E-state index in [4.69, 9.17) is 33.2 Å². The van der Waals surface area contributed by atoms with E-state index < -0.39 is 0 Å². The summed E-state index contributed by atoms with van der Waals surface area (Å²) in [4.78, 5) is 10.9. The lowest BCUT2D eigenvalue weighted by Crippen LogP contribution is -2.28. The lowest BCUT2D eigenvalue weighted by atomic mass is 10.6. The third-order valence-corrected chi connectivity index (χ3v) is 3.49. The van der Waals surface area contributed by atoms with Gasteiger partial charge in [0, 0.05) is 13.7 Å². The van der Waals surface area contributed by atoms with Crippen LogP contribution < -0.4 is 5.32 Å². The van der Waals surface area contributed by atoms with E-state index in [1.165, 1.54) is 0 Å². The summed E-state index contributed by atoms with van der Waals surface area (Å²) >= 11 is 3.07. The summed E-state index contributed by atoms with van der Waals surface area (Å²) in [5, 5.41) is 3.00. The molecule has 0 aliphatic carbocycles. The second-order valence-electron chi connectivity index (χ2n) is 5.15. The molecule has 0 aliphatic heterocycles. The van der Waals surface area contributed by atoms with Gasteiger partial charge in [0.05, 0.1) is 91.2 Å². The van der Waals surface area contributed by atoms with Gasteiger partial charge in [-0.1, -0.05) is 15.9 Å². The van der Waals surface area contributed by atoms with Crippen LogP contribution in [-0.2, 0) is 38.0 Å². The molecule has 162 valence electrons. The Balaban J connectivity index is 3.00. The molecule has 0 aromatic rings. The van der Waals surface area contributed by atoms with Gasteiger partial charge in [0.2, 0.25) is 5.91 Å². The molecule has 27 heavy (non-hydrogen) atoms. The fraction of sp³-hybridized carbons (Fsp3) is 0.941. The molecule has 1 N–H and O–H groups in total. The molecule has 0 saturated carbocycles. The number of methoxy groups -OCH3 is 1. The fourth-order valence-corrected chi connectivity index (χ4v) is 1.85. The number of alkyl halides is 1. The van der Waals surface area contributed by atoms with Crippen molar-refractivity contribution >= 4 is 21.8 Å². The van der Waals surface area contributed by atoms with E-state index >= 15 is 0 Å². The second-order valence-corrected chi connectivity index (χ2v) is 5.71. The third-order valence-electron chi connectivity index (χ3n) is 2.98. The Morgan fingerprint density at radius 1 is 0.630 bits per heavy atom. The van der Waals surface area contributed by atoms with Gasteiger partial charge >= 0.3 is 0 Å². The van der Waals surface area contributed by atoms with Gasteiger partial charge in [0.1, 0.15) is 0 Å².